The number of rotatable bonds is 2. The van der Waals surface area contributed by atoms with Crippen molar-refractivity contribution >= 4 is 18.2 Å². The van der Waals surface area contributed by atoms with Crippen molar-refractivity contribution in [1.82, 2.24) is 9.97 Å². The Kier molecular flexibility index (Phi) is 3.35. The van der Waals surface area contributed by atoms with Gasteiger partial charge in [-0.25, -0.2) is 9.78 Å². The van der Waals surface area contributed by atoms with Gasteiger partial charge in [-0.15, -0.1) is 0 Å². The normalized spacial score (nSPS) is 9.93. The Balaban J connectivity index is 3.33. The second kappa shape index (κ2) is 4.32. The van der Waals surface area contributed by atoms with Gasteiger partial charge in [0.25, 0.3) is 0 Å². The number of aryl methyl sites for hydroxylation is 2. The molecule has 1 aromatic rings. The molecule has 0 saturated carbocycles. The lowest BCUT2D eigenvalue weighted by atomic mass is 10.2. The molecular weight excluding hydrogens is 200 g/mol. The van der Waals surface area contributed by atoms with Gasteiger partial charge in [-0.2, -0.15) is 0 Å². The number of hydrogen-bond donors (Lipinski definition) is 1. The molecule has 0 fully saturated rings. The largest absolute Gasteiger partial charge is 0.465 e. The van der Waals surface area contributed by atoms with Crippen molar-refractivity contribution in [1.29, 1.82) is 0 Å². The van der Waals surface area contributed by atoms with Crippen LogP contribution in [-0.4, -0.2) is 23.0 Å². The van der Waals surface area contributed by atoms with E-state index in [1.165, 1.54) is 7.11 Å². The lowest BCUT2D eigenvalue weighted by molar-refractivity contribution is 0.0598. The zero-order chi connectivity index (χ0) is 10.7. The first-order valence-corrected chi connectivity index (χ1v) is 4.69. The highest BCUT2D eigenvalue weighted by Crippen LogP contribution is 2.08. The van der Waals surface area contributed by atoms with Gasteiger partial charge in [-0.3, -0.25) is 0 Å². The SMILES string of the molecule is CCc1nc(=S)c(C(=O)OC)c(C)[nH]1. The van der Waals surface area contributed by atoms with E-state index in [4.69, 9.17) is 12.2 Å². The number of ether oxygens (including phenoxy) is 1. The van der Waals surface area contributed by atoms with Crippen LogP contribution in [0.2, 0.25) is 0 Å². The van der Waals surface area contributed by atoms with Gasteiger partial charge in [0.15, 0.2) is 0 Å². The lowest BCUT2D eigenvalue weighted by Gasteiger charge is -2.05. The fourth-order valence-corrected chi connectivity index (χ4v) is 1.50. The summed E-state index contributed by atoms with van der Waals surface area (Å²) in [5, 5.41) is 0. The fourth-order valence-electron chi connectivity index (χ4n) is 1.16. The third-order valence-electron chi connectivity index (χ3n) is 1.88. The van der Waals surface area contributed by atoms with E-state index in [0.717, 1.165) is 12.2 Å². The Morgan fingerprint density at radius 1 is 1.64 bits per heavy atom. The predicted octanol–water partition coefficient (Wildman–Crippen LogP) is 1.80. The van der Waals surface area contributed by atoms with Crippen LogP contribution in [0.3, 0.4) is 0 Å². The number of nitrogens with one attached hydrogen (secondary N) is 1. The number of aromatic nitrogens is 2. The van der Waals surface area contributed by atoms with Crippen molar-refractivity contribution in [2.24, 2.45) is 0 Å². The van der Waals surface area contributed by atoms with E-state index in [9.17, 15) is 4.79 Å². The van der Waals surface area contributed by atoms with Gasteiger partial charge in [-0.1, -0.05) is 19.1 Å². The number of carbonyl (C=O) groups is 1. The molecule has 1 rings (SSSR count). The van der Waals surface area contributed by atoms with Crippen LogP contribution < -0.4 is 0 Å². The number of nitrogens with zero attached hydrogens (tertiary/aromatic N) is 1. The molecule has 0 unspecified atom stereocenters. The van der Waals surface area contributed by atoms with Gasteiger partial charge >= 0.3 is 5.97 Å². The molecule has 0 aliphatic carbocycles. The monoisotopic (exact) mass is 212 g/mol. The molecular formula is C9H12N2O2S. The van der Waals surface area contributed by atoms with Crippen molar-refractivity contribution < 1.29 is 9.53 Å². The second-order valence-electron chi connectivity index (χ2n) is 2.83. The van der Waals surface area contributed by atoms with Crippen LogP contribution >= 0.6 is 12.2 Å². The van der Waals surface area contributed by atoms with E-state index >= 15 is 0 Å². The number of aromatic amines is 1. The van der Waals surface area contributed by atoms with Gasteiger partial charge in [0.2, 0.25) is 0 Å². The maximum atomic E-state index is 11.3. The molecule has 0 aliphatic heterocycles. The molecule has 0 radical (unpaired) electrons. The molecule has 4 nitrogen and oxygen atoms in total. The van der Waals surface area contributed by atoms with E-state index in [2.05, 4.69) is 14.7 Å². The highest BCUT2D eigenvalue weighted by Gasteiger charge is 2.13. The van der Waals surface area contributed by atoms with Crippen LogP contribution in [0.4, 0.5) is 0 Å². The minimum Gasteiger partial charge on any atom is -0.465 e. The summed E-state index contributed by atoms with van der Waals surface area (Å²) >= 11 is 5.00. The van der Waals surface area contributed by atoms with E-state index in [0.29, 0.717) is 15.9 Å². The maximum Gasteiger partial charge on any atom is 0.342 e. The van der Waals surface area contributed by atoms with Crippen LogP contribution in [0.15, 0.2) is 0 Å². The first-order chi connectivity index (χ1) is 6.60. The number of H-pyrrole nitrogens is 1. The Labute approximate surface area is 87.3 Å². The summed E-state index contributed by atoms with van der Waals surface area (Å²) in [5.74, 6) is 0.332. The highest BCUT2D eigenvalue weighted by atomic mass is 32.1. The molecule has 0 amide bonds. The molecule has 5 heteroatoms. The van der Waals surface area contributed by atoms with Gasteiger partial charge < -0.3 is 9.72 Å². The third kappa shape index (κ3) is 1.98. The van der Waals surface area contributed by atoms with Gasteiger partial charge in [0, 0.05) is 12.1 Å². The van der Waals surface area contributed by atoms with Crippen molar-refractivity contribution in [2.75, 3.05) is 7.11 Å². The van der Waals surface area contributed by atoms with Gasteiger partial charge in [0.1, 0.15) is 16.0 Å². The standard InChI is InChI=1S/C9H12N2O2S/c1-4-6-10-5(2)7(8(14)11-6)9(12)13-3/h4H2,1-3H3,(H,10,11,14). The van der Waals surface area contributed by atoms with Crippen LogP contribution in [0.1, 0.15) is 28.8 Å². The molecule has 14 heavy (non-hydrogen) atoms. The molecule has 0 aromatic carbocycles. The van der Waals surface area contributed by atoms with E-state index in [1.54, 1.807) is 6.92 Å². The lowest BCUT2D eigenvalue weighted by Crippen LogP contribution is -2.09. The van der Waals surface area contributed by atoms with Crippen LogP contribution in [0.5, 0.6) is 0 Å². The van der Waals surface area contributed by atoms with Crippen LogP contribution in [0, 0.1) is 11.6 Å². The molecule has 0 bridgehead atoms. The average molecular weight is 212 g/mol. The van der Waals surface area contributed by atoms with Gasteiger partial charge in [-0.05, 0) is 6.92 Å². The van der Waals surface area contributed by atoms with Crippen molar-refractivity contribution in [3.05, 3.63) is 21.7 Å². The van der Waals surface area contributed by atoms with Crippen molar-refractivity contribution in [3.8, 4) is 0 Å². The first kappa shape index (κ1) is 10.8. The van der Waals surface area contributed by atoms with Crippen LogP contribution in [-0.2, 0) is 11.2 Å². The van der Waals surface area contributed by atoms with Crippen LogP contribution in [0.25, 0.3) is 0 Å². The molecule has 76 valence electrons. The topological polar surface area (TPSA) is 55.0 Å². The highest BCUT2D eigenvalue weighted by molar-refractivity contribution is 7.71. The first-order valence-electron chi connectivity index (χ1n) is 4.28. The summed E-state index contributed by atoms with van der Waals surface area (Å²) in [6, 6.07) is 0. The second-order valence-corrected chi connectivity index (χ2v) is 3.22. The summed E-state index contributed by atoms with van der Waals surface area (Å²) in [7, 11) is 1.32. The molecule has 0 spiro atoms. The summed E-state index contributed by atoms with van der Waals surface area (Å²) in [5.41, 5.74) is 1.05. The zero-order valence-electron chi connectivity index (χ0n) is 8.38. The number of methoxy groups -OCH3 is 1. The Bertz CT molecular complexity index is 412. The third-order valence-corrected chi connectivity index (χ3v) is 2.18. The Morgan fingerprint density at radius 2 is 2.29 bits per heavy atom. The Morgan fingerprint density at radius 3 is 2.71 bits per heavy atom. The fraction of sp³-hybridized carbons (Fsp3) is 0.444. The molecule has 0 aliphatic rings. The van der Waals surface area contributed by atoms with E-state index in [1.807, 2.05) is 6.92 Å². The minimum absolute atomic E-state index is 0.296. The number of carbonyl (C=O) groups excluding carboxylic acids is 1. The molecule has 1 N–H and O–H groups in total. The predicted molar refractivity (Wildman–Crippen MR) is 54.9 cm³/mol. The summed E-state index contributed by atoms with van der Waals surface area (Å²) in [4.78, 5) is 18.4. The smallest absolute Gasteiger partial charge is 0.342 e. The molecule has 1 aromatic heterocycles. The minimum atomic E-state index is -0.445. The number of hydrogen-bond acceptors (Lipinski definition) is 4. The maximum absolute atomic E-state index is 11.3. The summed E-state index contributed by atoms with van der Waals surface area (Å²) < 4.78 is 4.90. The summed E-state index contributed by atoms with van der Waals surface area (Å²) in [6.07, 6.45) is 0.756. The quantitative estimate of drug-likeness (QED) is 0.600. The van der Waals surface area contributed by atoms with Crippen molar-refractivity contribution in [2.45, 2.75) is 20.3 Å². The molecule has 1 heterocycles. The summed E-state index contributed by atoms with van der Waals surface area (Å²) in [6.45, 7) is 3.74. The zero-order valence-corrected chi connectivity index (χ0v) is 9.20. The molecule has 0 saturated heterocycles. The van der Waals surface area contributed by atoms with Gasteiger partial charge in [0.05, 0.1) is 7.11 Å². The average Bonchev–Trinajstić information content (AvgIpc) is 2.16. The number of esters is 1. The Hall–Kier alpha value is -1.23. The van der Waals surface area contributed by atoms with E-state index in [-0.39, 0.29) is 0 Å². The van der Waals surface area contributed by atoms with Crippen molar-refractivity contribution in [3.63, 3.8) is 0 Å². The molecule has 0 atom stereocenters. The van der Waals surface area contributed by atoms with E-state index < -0.39 is 5.97 Å².